The molecule has 0 radical (unpaired) electrons. The Morgan fingerprint density at radius 1 is 0.917 bits per heavy atom. The van der Waals surface area contributed by atoms with Crippen molar-refractivity contribution in [3.05, 3.63) is 48.6 Å². The molecule has 0 aliphatic rings. The summed E-state index contributed by atoms with van der Waals surface area (Å²) in [6, 6.07) is 0. The zero-order chi connectivity index (χ0) is 18.0. The third-order valence-corrected chi connectivity index (χ3v) is 3.40. The van der Waals surface area contributed by atoms with Crippen LogP contribution in [0.3, 0.4) is 0 Å². The summed E-state index contributed by atoms with van der Waals surface area (Å²) in [5.74, 6) is -0.844. The van der Waals surface area contributed by atoms with Gasteiger partial charge in [0.15, 0.2) is 0 Å². The number of unbranched alkanes of at least 4 members (excludes halogenated alkanes) is 3. The van der Waals surface area contributed by atoms with Crippen LogP contribution in [0.4, 0.5) is 0 Å². The molecule has 0 aliphatic carbocycles. The Balaban J connectivity index is 3.80. The molecule has 0 saturated heterocycles. The Morgan fingerprint density at radius 3 is 2.25 bits per heavy atom. The van der Waals surface area contributed by atoms with E-state index in [9.17, 15) is 15.0 Å². The van der Waals surface area contributed by atoms with E-state index in [1.165, 1.54) is 19.3 Å². The number of aliphatic carboxylic acids is 1. The Hall–Kier alpha value is -1.65. The van der Waals surface area contributed by atoms with E-state index in [4.69, 9.17) is 5.11 Å². The van der Waals surface area contributed by atoms with Crippen LogP contribution in [0.15, 0.2) is 48.6 Å². The molecular weight excluding hydrogens is 304 g/mol. The van der Waals surface area contributed by atoms with Gasteiger partial charge in [-0.25, -0.2) is 0 Å². The summed E-state index contributed by atoms with van der Waals surface area (Å²) >= 11 is 0. The fourth-order valence-electron chi connectivity index (χ4n) is 2.01. The Bertz CT molecular complexity index is 421. The zero-order valence-corrected chi connectivity index (χ0v) is 14.7. The molecule has 4 heteroatoms. The predicted molar refractivity (Wildman–Crippen MR) is 98.8 cm³/mol. The first-order chi connectivity index (χ1) is 11.6. The quantitative estimate of drug-likeness (QED) is 0.329. The number of carboxylic acid groups (broad SMARTS) is 1. The molecule has 0 amide bonds. The second-order valence-electron chi connectivity index (χ2n) is 5.78. The summed E-state index contributed by atoms with van der Waals surface area (Å²) in [5, 5.41) is 27.9. The van der Waals surface area contributed by atoms with Crippen molar-refractivity contribution in [3.8, 4) is 0 Å². The third-order valence-electron chi connectivity index (χ3n) is 3.40. The average Bonchev–Trinajstić information content (AvgIpc) is 2.53. The molecule has 0 spiro atoms. The monoisotopic (exact) mass is 336 g/mol. The molecule has 0 bridgehead atoms. The van der Waals surface area contributed by atoms with Crippen LogP contribution >= 0.6 is 0 Å². The van der Waals surface area contributed by atoms with Crippen LogP contribution in [0.5, 0.6) is 0 Å². The number of carboxylic acids is 1. The van der Waals surface area contributed by atoms with Crippen molar-refractivity contribution in [3.63, 3.8) is 0 Å². The third kappa shape index (κ3) is 16.7. The van der Waals surface area contributed by atoms with Gasteiger partial charge < -0.3 is 15.3 Å². The van der Waals surface area contributed by atoms with Gasteiger partial charge in [0, 0.05) is 6.42 Å². The summed E-state index contributed by atoms with van der Waals surface area (Å²) in [7, 11) is 0. The van der Waals surface area contributed by atoms with Crippen molar-refractivity contribution in [2.24, 2.45) is 0 Å². The lowest BCUT2D eigenvalue weighted by Crippen LogP contribution is -2.03. The van der Waals surface area contributed by atoms with E-state index in [0.29, 0.717) is 19.3 Å². The van der Waals surface area contributed by atoms with Crippen LogP contribution in [0.1, 0.15) is 58.3 Å². The number of carbonyl (C=O) groups is 1. The second-order valence-corrected chi connectivity index (χ2v) is 5.78. The molecule has 0 heterocycles. The number of rotatable bonds is 14. The van der Waals surface area contributed by atoms with Gasteiger partial charge in [0.05, 0.1) is 12.2 Å². The fraction of sp³-hybridized carbons (Fsp3) is 0.550. The van der Waals surface area contributed by atoms with E-state index in [-0.39, 0.29) is 6.42 Å². The van der Waals surface area contributed by atoms with Crippen molar-refractivity contribution in [1.29, 1.82) is 0 Å². The number of aliphatic hydroxyl groups excluding tert-OH is 2. The highest BCUT2D eigenvalue weighted by Gasteiger charge is 2.01. The normalized spacial score (nSPS) is 15.1. The van der Waals surface area contributed by atoms with Crippen molar-refractivity contribution in [2.45, 2.75) is 70.5 Å². The molecule has 0 unspecified atom stereocenters. The smallest absolute Gasteiger partial charge is 0.303 e. The fourth-order valence-corrected chi connectivity index (χ4v) is 2.01. The first-order valence-electron chi connectivity index (χ1n) is 8.80. The van der Waals surface area contributed by atoms with E-state index >= 15 is 0 Å². The Morgan fingerprint density at radius 2 is 1.58 bits per heavy atom. The summed E-state index contributed by atoms with van der Waals surface area (Å²) in [6.07, 6.45) is 19.8. The maximum absolute atomic E-state index is 10.4. The van der Waals surface area contributed by atoms with E-state index in [1.54, 1.807) is 24.3 Å². The van der Waals surface area contributed by atoms with Gasteiger partial charge in [0.2, 0.25) is 0 Å². The zero-order valence-electron chi connectivity index (χ0n) is 14.7. The number of hydrogen-bond donors (Lipinski definition) is 3. The molecule has 2 atom stereocenters. The van der Waals surface area contributed by atoms with E-state index in [0.717, 1.165) is 6.42 Å². The van der Waals surface area contributed by atoms with Gasteiger partial charge >= 0.3 is 5.97 Å². The lowest BCUT2D eigenvalue weighted by atomic mass is 10.1. The summed E-state index contributed by atoms with van der Waals surface area (Å²) < 4.78 is 0. The van der Waals surface area contributed by atoms with Crippen molar-refractivity contribution < 1.29 is 20.1 Å². The topological polar surface area (TPSA) is 77.8 Å². The van der Waals surface area contributed by atoms with Gasteiger partial charge in [-0.1, -0.05) is 68.4 Å². The lowest BCUT2D eigenvalue weighted by Gasteiger charge is -2.02. The van der Waals surface area contributed by atoms with Gasteiger partial charge in [0.25, 0.3) is 0 Å². The van der Waals surface area contributed by atoms with Crippen molar-refractivity contribution >= 4 is 5.97 Å². The first-order valence-corrected chi connectivity index (χ1v) is 8.80. The molecular formula is C20H32O4. The van der Waals surface area contributed by atoms with Gasteiger partial charge in [-0.3, -0.25) is 4.79 Å². The highest BCUT2D eigenvalue weighted by atomic mass is 16.4. The minimum Gasteiger partial charge on any atom is -0.481 e. The highest BCUT2D eigenvalue weighted by Crippen LogP contribution is 2.03. The minimum atomic E-state index is -0.844. The van der Waals surface area contributed by atoms with Crippen LogP contribution in [0.2, 0.25) is 0 Å². The molecule has 0 aliphatic heterocycles. The molecule has 0 fully saturated rings. The largest absolute Gasteiger partial charge is 0.481 e. The van der Waals surface area contributed by atoms with Crippen LogP contribution in [0.25, 0.3) is 0 Å². The molecule has 0 aromatic heterocycles. The van der Waals surface area contributed by atoms with Gasteiger partial charge in [0.1, 0.15) is 0 Å². The minimum absolute atomic E-state index is 0.0757. The molecule has 0 saturated carbocycles. The van der Waals surface area contributed by atoms with Crippen molar-refractivity contribution in [2.75, 3.05) is 0 Å². The van der Waals surface area contributed by atoms with E-state index < -0.39 is 18.2 Å². The first kappa shape index (κ1) is 22.4. The number of allylic oxidation sites excluding steroid dienone is 5. The number of hydrogen-bond acceptors (Lipinski definition) is 3. The van der Waals surface area contributed by atoms with E-state index in [2.05, 4.69) is 13.0 Å². The molecule has 0 aromatic carbocycles. The maximum atomic E-state index is 10.4. The summed E-state index contributed by atoms with van der Waals surface area (Å²) in [6.45, 7) is 2.18. The predicted octanol–water partition coefficient (Wildman–Crippen LogP) is 4.16. The molecule has 24 heavy (non-hydrogen) atoms. The molecule has 3 N–H and O–H groups in total. The van der Waals surface area contributed by atoms with Gasteiger partial charge in [-0.15, -0.1) is 0 Å². The molecule has 136 valence electrons. The van der Waals surface area contributed by atoms with Crippen molar-refractivity contribution in [1.82, 2.24) is 0 Å². The van der Waals surface area contributed by atoms with Crippen LogP contribution in [-0.2, 0) is 4.79 Å². The van der Waals surface area contributed by atoms with Crippen LogP contribution in [-0.4, -0.2) is 33.5 Å². The second kappa shape index (κ2) is 16.2. The molecule has 4 nitrogen and oxygen atoms in total. The highest BCUT2D eigenvalue weighted by molar-refractivity contribution is 5.66. The summed E-state index contributed by atoms with van der Waals surface area (Å²) in [4.78, 5) is 10.4. The summed E-state index contributed by atoms with van der Waals surface area (Å²) in [5.41, 5.74) is 0. The van der Waals surface area contributed by atoms with E-state index in [1.807, 2.05) is 18.2 Å². The van der Waals surface area contributed by atoms with Crippen LogP contribution < -0.4 is 0 Å². The maximum Gasteiger partial charge on any atom is 0.303 e. The Kier molecular flexibility index (Phi) is 15.1. The van der Waals surface area contributed by atoms with Crippen LogP contribution in [0, 0.1) is 0 Å². The number of aliphatic hydroxyl groups is 2. The SMILES string of the molecule is CCCCC/C=C\C=C\[C@H](O)C/C=C\C=C\[C@@H](O)CCCC(=O)O. The average molecular weight is 336 g/mol. The van der Waals surface area contributed by atoms with Gasteiger partial charge in [-0.2, -0.15) is 0 Å². The molecule has 0 rings (SSSR count). The standard InChI is InChI=1S/C20H32O4/c1-2-3-4-5-6-7-9-13-18(21)14-10-8-11-15-19(22)16-12-17-20(23)24/h6-11,13,15,18-19,21-22H,2-5,12,14,16-17H2,1H3,(H,23,24)/b7-6-,10-8-,13-9+,15-11+/t18-,19+/m0/s1. The Labute approximate surface area is 145 Å². The lowest BCUT2D eigenvalue weighted by molar-refractivity contribution is -0.137. The van der Waals surface area contributed by atoms with Gasteiger partial charge in [-0.05, 0) is 32.1 Å². The molecule has 0 aromatic rings.